The molecule has 0 aliphatic rings. The molecule has 0 unspecified atom stereocenters. The van der Waals surface area contributed by atoms with Gasteiger partial charge in [0.1, 0.15) is 12.0 Å². The van der Waals surface area contributed by atoms with Crippen LogP contribution in [0.15, 0.2) is 16.9 Å². The molecule has 0 aliphatic carbocycles. The minimum Gasteiger partial charge on any atom is -0.363 e. The zero-order valence-electron chi connectivity index (χ0n) is 8.69. The van der Waals surface area contributed by atoms with Gasteiger partial charge < -0.3 is 9.84 Å². The van der Waals surface area contributed by atoms with Crippen molar-refractivity contribution in [1.29, 1.82) is 0 Å². The van der Waals surface area contributed by atoms with Crippen LogP contribution in [0, 0.1) is 6.92 Å². The molecule has 1 amide bonds. The summed E-state index contributed by atoms with van der Waals surface area (Å²) < 4.78 is 6.02. The van der Waals surface area contributed by atoms with E-state index in [1.54, 1.807) is 14.0 Å². The Morgan fingerprint density at radius 2 is 2.38 bits per heavy atom. The van der Waals surface area contributed by atoms with Gasteiger partial charge in [0.15, 0.2) is 5.82 Å². The van der Waals surface area contributed by atoms with E-state index in [4.69, 9.17) is 11.6 Å². The van der Waals surface area contributed by atoms with Crippen molar-refractivity contribution >= 4 is 23.3 Å². The standard InChI is InChI=1S/C9H9ClN4O2/c1-5-7(10)8(14(2)12-5)9(15)11-6-3-4-16-13-6/h3-4H,1-2H3,(H,11,13,15). The number of hydrogen-bond donors (Lipinski definition) is 1. The third-order valence-corrected chi connectivity index (χ3v) is 2.50. The normalized spacial score (nSPS) is 10.4. The van der Waals surface area contributed by atoms with Crippen LogP contribution >= 0.6 is 11.6 Å². The van der Waals surface area contributed by atoms with E-state index in [-0.39, 0.29) is 5.91 Å². The van der Waals surface area contributed by atoms with Crippen LogP contribution in [0.1, 0.15) is 16.2 Å². The third kappa shape index (κ3) is 1.79. The highest BCUT2D eigenvalue weighted by atomic mass is 35.5. The van der Waals surface area contributed by atoms with Gasteiger partial charge >= 0.3 is 0 Å². The third-order valence-electron chi connectivity index (χ3n) is 2.04. The van der Waals surface area contributed by atoms with E-state index < -0.39 is 0 Å². The van der Waals surface area contributed by atoms with Gasteiger partial charge in [-0.25, -0.2) is 0 Å². The molecule has 16 heavy (non-hydrogen) atoms. The summed E-state index contributed by atoms with van der Waals surface area (Å²) in [6, 6.07) is 1.54. The lowest BCUT2D eigenvalue weighted by molar-refractivity contribution is 0.101. The van der Waals surface area contributed by atoms with E-state index in [0.717, 1.165) is 0 Å². The van der Waals surface area contributed by atoms with E-state index in [9.17, 15) is 4.79 Å². The van der Waals surface area contributed by atoms with Crippen LogP contribution in [-0.4, -0.2) is 20.8 Å². The highest BCUT2D eigenvalue weighted by Crippen LogP contribution is 2.20. The molecule has 2 aromatic heterocycles. The highest BCUT2D eigenvalue weighted by molar-refractivity contribution is 6.34. The van der Waals surface area contributed by atoms with Crippen molar-refractivity contribution in [1.82, 2.24) is 14.9 Å². The number of hydrogen-bond acceptors (Lipinski definition) is 4. The van der Waals surface area contributed by atoms with Gasteiger partial charge in [0.25, 0.3) is 5.91 Å². The Morgan fingerprint density at radius 3 is 2.88 bits per heavy atom. The zero-order valence-corrected chi connectivity index (χ0v) is 9.45. The molecular weight excluding hydrogens is 232 g/mol. The fourth-order valence-electron chi connectivity index (χ4n) is 1.33. The fourth-order valence-corrected chi connectivity index (χ4v) is 1.58. The summed E-state index contributed by atoms with van der Waals surface area (Å²) >= 11 is 5.96. The Balaban J connectivity index is 2.27. The molecule has 0 fully saturated rings. The Kier molecular flexibility index (Phi) is 2.66. The van der Waals surface area contributed by atoms with Crippen molar-refractivity contribution < 1.29 is 9.32 Å². The summed E-state index contributed by atoms with van der Waals surface area (Å²) in [6.45, 7) is 1.73. The summed E-state index contributed by atoms with van der Waals surface area (Å²) in [6.07, 6.45) is 1.37. The molecule has 7 heteroatoms. The molecule has 2 rings (SSSR count). The lowest BCUT2D eigenvalue weighted by Gasteiger charge is -2.01. The smallest absolute Gasteiger partial charge is 0.276 e. The molecule has 2 aromatic rings. The van der Waals surface area contributed by atoms with Gasteiger partial charge in [-0.1, -0.05) is 16.8 Å². The number of carbonyl (C=O) groups excluding carboxylic acids is 1. The minimum atomic E-state index is -0.373. The summed E-state index contributed by atoms with van der Waals surface area (Å²) in [5, 5.41) is 10.5. The summed E-state index contributed by atoms with van der Waals surface area (Å²) in [5.41, 5.74) is 0.900. The van der Waals surface area contributed by atoms with Gasteiger partial charge in [-0.3, -0.25) is 9.48 Å². The van der Waals surface area contributed by atoms with E-state index in [2.05, 4.69) is 20.1 Å². The van der Waals surface area contributed by atoms with Crippen LogP contribution in [0.4, 0.5) is 5.82 Å². The second-order valence-electron chi connectivity index (χ2n) is 3.21. The average molecular weight is 241 g/mol. The van der Waals surface area contributed by atoms with Crippen LogP contribution in [-0.2, 0) is 7.05 Å². The molecule has 2 heterocycles. The second-order valence-corrected chi connectivity index (χ2v) is 3.59. The molecule has 0 spiro atoms. The number of nitrogens with one attached hydrogen (secondary N) is 1. The van der Waals surface area contributed by atoms with Crippen molar-refractivity contribution in [2.45, 2.75) is 6.92 Å². The maximum absolute atomic E-state index is 11.8. The Bertz CT molecular complexity index is 518. The second kappa shape index (κ2) is 3.97. The van der Waals surface area contributed by atoms with E-state index in [1.807, 2.05) is 0 Å². The van der Waals surface area contributed by atoms with Crippen molar-refractivity contribution in [2.24, 2.45) is 7.05 Å². The summed E-state index contributed by atoms with van der Waals surface area (Å²) in [5.74, 6) is -0.0399. The summed E-state index contributed by atoms with van der Waals surface area (Å²) in [7, 11) is 1.65. The molecule has 0 saturated heterocycles. The summed E-state index contributed by atoms with van der Waals surface area (Å²) in [4.78, 5) is 11.8. The lowest BCUT2D eigenvalue weighted by atomic mass is 10.3. The van der Waals surface area contributed by atoms with Crippen LogP contribution in [0.2, 0.25) is 5.02 Å². The number of halogens is 1. The van der Waals surface area contributed by atoms with Gasteiger partial charge in [-0.2, -0.15) is 5.10 Å². The SMILES string of the molecule is Cc1nn(C)c(C(=O)Nc2ccon2)c1Cl. The largest absolute Gasteiger partial charge is 0.363 e. The lowest BCUT2D eigenvalue weighted by Crippen LogP contribution is -2.16. The minimum absolute atomic E-state index is 0.294. The van der Waals surface area contributed by atoms with Crippen molar-refractivity contribution in [2.75, 3.05) is 5.32 Å². The van der Waals surface area contributed by atoms with Crippen LogP contribution < -0.4 is 5.32 Å². The van der Waals surface area contributed by atoms with Gasteiger partial charge in [0.2, 0.25) is 0 Å². The molecule has 0 bridgehead atoms. The van der Waals surface area contributed by atoms with Crippen LogP contribution in [0.25, 0.3) is 0 Å². The first kappa shape index (κ1) is 10.7. The average Bonchev–Trinajstić information content (AvgIpc) is 2.77. The van der Waals surface area contributed by atoms with Gasteiger partial charge in [-0.05, 0) is 6.92 Å². The molecule has 6 nitrogen and oxygen atoms in total. The predicted octanol–water partition coefficient (Wildman–Crippen LogP) is 1.62. The maximum atomic E-state index is 11.8. The molecule has 0 aromatic carbocycles. The molecular formula is C9H9ClN4O2. The predicted molar refractivity (Wildman–Crippen MR) is 57.4 cm³/mol. The molecule has 1 N–H and O–H groups in total. The molecule has 0 atom stereocenters. The number of aromatic nitrogens is 3. The first-order valence-electron chi connectivity index (χ1n) is 4.50. The molecule has 0 saturated carbocycles. The van der Waals surface area contributed by atoms with Gasteiger partial charge in [0.05, 0.1) is 10.7 Å². The highest BCUT2D eigenvalue weighted by Gasteiger charge is 2.19. The van der Waals surface area contributed by atoms with Crippen molar-refractivity contribution in [3.63, 3.8) is 0 Å². The van der Waals surface area contributed by atoms with Crippen LogP contribution in [0.3, 0.4) is 0 Å². The first-order chi connectivity index (χ1) is 7.59. The van der Waals surface area contributed by atoms with E-state index >= 15 is 0 Å². The maximum Gasteiger partial charge on any atom is 0.276 e. The van der Waals surface area contributed by atoms with Gasteiger partial charge in [0, 0.05) is 13.1 Å². The van der Waals surface area contributed by atoms with Crippen molar-refractivity contribution in [3.05, 3.63) is 28.7 Å². The topological polar surface area (TPSA) is 73.0 Å². The monoisotopic (exact) mass is 240 g/mol. The van der Waals surface area contributed by atoms with Gasteiger partial charge in [-0.15, -0.1) is 0 Å². The van der Waals surface area contributed by atoms with E-state index in [0.29, 0.717) is 22.2 Å². The molecule has 84 valence electrons. The quantitative estimate of drug-likeness (QED) is 0.866. The number of nitrogens with zero attached hydrogens (tertiary/aromatic N) is 3. The molecule has 0 radical (unpaired) electrons. The Morgan fingerprint density at radius 1 is 1.62 bits per heavy atom. The zero-order chi connectivity index (χ0) is 11.7. The number of amides is 1. The number of carbonyl (C=O) groups is 1. The Labute approximate surface area is 96.2 Å². The number of anilines is 1. The Hall–Kier alpha value is -1.82. The van der Waals surface area contributed by atoms with Crippen LogP contribution in [0.5, 0.6) is 0 Å². The number of rotatable bonds is 2. The van der Waals surface area contributed by atoms with E-state index in [1.165, 1.54) is 17.0 Å². The van der Waals surface area contributed by atoms with Crippen molar-refractivity contribution in [3.8, 4) is 0 Å². The first-order valence-corrected chi connectivity index (χ1v) is 4.88. The number of aryl methyl sites for hydroxylation is 2. The fraction of sp³-hybridized carbons (Fsp3) is 0.222. The molecule has 0 aliphatic heterocycles.